The molecule has 0 aromatic carbocycles. The number of hydrogen-bond acceptors (Lipinski definition) is 6. The highest BCUT2D eigenvalue weighted by Gasteiger charge is 2.28. The Labute approximate surface area is 140 Å². The summed E-state index contributed by atoms with van der Waals surface area (Å²) in [5.74, 6) is 8.34. The Kier molecular flexibility index (Phi) is 6.29. The summed E-state index contributed by atoms with van der Waals surface area (Å²) >= 11 is 0. The summed E-state index contributed by atoms with van der Waals surface area (Å²) in [4.78, 5) is 0. The zero-order chi connectivity index (χ0) is 13.1. The first-order valence-corrected chi connectivity index (χ1v) is 13.9. The van der Waals surface area contributed by atoms with E-state index in [2.05, 4.69) is 71.7 Å². The summed E-state index contributed by atoms with van der Waals surface area (Å²) in [5, 5.41) is 0. The second-order valence-corrected chi connectivity index (χ2v) is 12.4. The van der Waals surface area contributed by atoms with Crippen LogP contribution in [0.25, 0.3) is 0 Å². The molecule has 0 aliphatic carbocycles. The minimum atomic E-state index is 0.745. The van der Waals surface area contributed by atoms with Crippen LogP contribution < -0.4 is 0 Å². The lowest BCUT2D eigenvalue weighted by atomic mass is 9.88. The third-order valence-electron chi connectivity index (χ3n) is 3.75. The molecule has 0 fully saturated rings. The fourth-order valence-corrected chi connectivity index (χ4v) is 9.97. The molecular formula is C13H18S6. The Morgan fingerprint density at radius 3 is 2.42 bits per heavy atom. The molecule has 19 heavy (non-hydrogen) atoms. The highest BCUT2D eigenvalue weighted by molar-refractivity contribution is 8.77. The maximum atomic E-state index is 2.37. The van der Waals surface area contributed by atoms with E-state index >= 15 is 0 Å². The van der Waals surface area contributed by atoms with Crippen molar-refractivity contribution in [3.63, 3.8) is 0 Å². The number of hydrogen-bond donors (Lipinski definition) is 0. The highest BCUT2D eigenvalue weighted by Crippen LogP contribution is 2.47. The third kappa shape index (κ3) is 3.86. The molecule has 0 amide bonds. The van der Waals surface area contributed by atoms with Crippen LogP contribution in [0.4, 0.5) is 0 Å². The average Bonchev–Trinajstić information content (AvgIpc) is 2.34. The van der Waals surface area contributed by atoms with Crippen LogP contribution in [0, 0.1) is 5.92 Å². The van der Waals surface area contributed by atoms with E-state index in [4.69, 9.17) is 0 Å². The van der Waals surface area contributed by atoms with Crippen LogP contribution in [0.5, 0.6) is 0 Å². The molecule has 4 bridgehead atoms. The second kappa shape index (κ2) is 7.73. The molecular weight excluding hydrogens is 349 g/mol. The highest BCUT2D eigenvalue weighted by atomic mass is 33.1. The third-order valence-corrected chi connectivity index (χ3v) is 10.8. The van der Waals surface area contributed by atoms with Crippen molar-refractivity contribution in [1.82, 2.24) is 0 Å². The monoisotopic (exact) mass is 366 g/mol. The van der Waals surface area contributed by atoms with Gasteiger partial charge in [-0.25, -0.2) is 0 Å². The molecule has 0 N–H and O–H groups in total. The quantitative estimate of drug-likeness (QED) is 0.390. The summed E-state index contributed by atoms with van der Waals surface area (Å²) in [7, 11) is 12.5. The predicted molar refractivity (Wildman–Crippen MR) is 103 cm³/mol. The van der Waals surface area contributed by atoms with Gasteiger partial charge < -0.3 is 0 Å². The van der Waals surface area contributed by atoms with E-state index in [1.165, 1.54) is 40.9 Å². The molecule has 6 heteroatoms. The van der Waals surface area contributed by atoms with Gasteiger partial charge in [-0.3, -0.25) is 0 Å². The zero-order valence-corrected chi connectivity index (χ0v) is 15.9. The van der Waals surface area contributed by atoms with Crippen molar-refractivity contribution in [1.29, 1.82) is 0 Å². The van der Waals surface area contributed by atoms with Crippen LogP contribution in [0.3, 0.4) is 0 Å². The lowest BCUT2D eigenvalue weighted by Gasteiger charge is -2.32. The Bertz CT molecular complexity index is 396. The van der Waals surface area contributed by atoms with Crippen molar-refractivity contribution in [2.75, 3.05) is 34.5 Å². The molecule has 3 rings (SSSR count). The molecule has 0 aromatic rings. The molecule has 3 aliphatic rings. The molecule has 1 atom stereocenters. The van der Waals surface area contributed by atoms with Gasteiger partial charge in [-0.1, -0.05) is 87.1 Å². The molecule has 0 saturated heterocycles. The van der Waals surface area contributed by atoms with Gasteiger partial charge in [0.05, 0.1) is 0 Å². The Balaban J connectivity index is 2.05. The largest absolute Gasteiger partial charge is 0.0938 e. The van der Waals surface area contributed by atoms with Gasteiger partial charge in [0.15, 0.2) is 0 Å². The normalized spacial score (nSPS) is 37.4. The minimum Gasteiger partial charge on any atom is -0.0938 e. The van der Waals surface area contributed by atoms with Crippen LogP contribution in [0.1, 0.15) is 13.3 Å². The molecule has 0 nitrogen and oxygen atoms in total. The number of rotatable bonds is 0. The lowest BCUT2D eigenvalue weighted by Crippen LogP contribution is -2.22. The van der Waals surface area contributed by atoms with Gasteiger partial charge in [0.1, 0.15) is 0 Å². The molecule has 0 aromatic heterocycles. The maximum Gasteiger partial charge on any atom is 0.0256 e. The van der Waals surface area contributed by atoms with Gasteiger partial charge in [-0.05, 0) is 13.3 Å². The van der Waals surface area contributed by atoms with Crippen molar-refractivity contribution in [3.8, 4) is 0 Å². The summed E-state index contributed by atoms with van der Waals surface area (Å²) in [5.41, 5.74) is 6.98. The topological polar surface area (TPSA) is 0 Å². The van der Waals surface area contributed by atoms with E-state index < -0.39 is 0 Å². The van der Waals surface area contributed by atoms with Gasteiger partial charge in [-0.2, -0.15) is 0 Å². The molecule has 0 spiro atoms. The second-order valence-electron chi connectivity index (χ2n) is 4.89. The first kappa shape index (κ1) is 15.5. The maximum absolute atomic E-state index is 2.37. The van der Waals surface area contributed by atoms with E-state index in [0.29, 0.717) is 0 Å². The van der Waals surface area contributed by atoms with Crippen LogP contribution in [-0.4, -0.2) is 34.5 Å². The Hall–Kier alpha value is 1.58. The fraction of sp³-hybridized carbons (Fsp3) is 0.692. The fourth-order valence-electron chi connectivity index (χ4n) is 2.59. The van der Waals surface area contributed by atoms with Gasteiger partial charge in [-0.15, -0.1) is 0 Å². The average molecular weight is 367 g/mol. The van der Waals surface area contributed by atoms with Crippen LogP contribution >= 0.6 is 64.8 Å². The smallest absolute Gasteiger partial charge is 0.0256 e. The molecule has 1 unspecified atom stereocenters. The van der Waals surface area contributed by atoms with Crippen LogP contribution in [-0.2, 0) is 0 Å². The van der Waals surface area contributed by atoms with Crippen molar-refractivity contribution in [2.24, 2.45) is 5.92 Å². The molecule has 3 heterocycles. The van der Waals surface area contributed by atoms with Crippen molar-refractivity contribution in [2.45, 2.75) is 13.3 Å². The summed E-state index contributed by atoms with van der Waals surface area (Å²) in [6, 6.07) is 0. The minimum absolute atomic E-state index is 0.745. The lowest BCUT2D eigenvalue weighted by molar-refractivity contribution is 0.785. The van der Waals surface area contributed by atoms with Crippen molar-refractivity contribution in [3.05, 3.63) is 22.3 Å². The van der Waals surface area contributed by atoms with Gasteiger partial charge >= 0.3 is 0 Å². The van der Waals surface area contributed by atoms with E-state index in [0.717, 1.165) is 5.92 Å². The molecule has 0 saturated carbocycles. The van der Waals surface area contributed by atoms with Crippen LogP contribution in [0.2, 0.25) is 0 Å². The van der Waals surface area contributed by atoms with Crippen molar-refractivity contribution >= 4 is 64.8 Å². The van der Waals surface area contributed by atoms with E-state index in [-0.39, 0.29) is 0 Å². The molecule has 3 aliphatic heterocycles. The van der Waals surface area contributed by atoms with E-state index in [1.807, 2.05) is 0 Å². The summed E-state index contributed by atoms with van der Waals surface area (Å²) in [6.45, 7) is 2.37. The van der Waals surface area contributed by atoms with E-state index in [1.54, 1.807) is 22.3 Å². The van der Waals surface area contributed by atoms with Gasteiger partial charge in [0, 0.05) is 40.4 Å². The molecule has 106 valence electrons. The molecule has 0 radical (unpaired) electrons. The van der Waals surface area contributed by atoms with Gasteiger partial charge in [0.25, 0.3) is 0 Å². The van der Waals surface area contributed by atoms with E-state index in [9.17, 15) is 0 Å². The van der Waals surface area contributed by atoms with Crippen molar-refractivity contribution < 1.29 is 0 Å². The van der Waals surface area contributed by atoms with Crippen LogP contribution in [0.15, 0.2) is 22.3 Å². The zero-order valence-electron chi connectivity index (χ0n) is 11.0. The van der Waals surface area contributed by atoms with Gasteiger partial charge in [0.2, 0.25) is 0 Å². The first-order chi connectivity index (χ1) is 9.36. The summed E-state index contributed by atoms with van der Waals surface area (Å²) < 4.78 is 0. The summed E-state index contributed by atoms with van der Waals surface area (Å²) in [6.07, 6.45) is 1.31. The Morgan fingerprint density at radius 1 is 0.789 bits per heavy atom. The SMILES string of the molecule is C/C1=C2\CSSC/C3=C(/CSSC1)C2CSSCC3. The predicted octanol–water partition coefficient (Wildman–Crippen LogP) is 5.79. The Morgan fingerprint density at radius 2 is 1.53 bits per heavy atom. The first-order valence-electron chi connectivity index (χ1n) is 6.49. The standard InChI is InChI=1S/C13H18S6/c1-9-4-15-19-7-12-10-2-3-14-17-8-13(12)11(9)6-18-16-5-10/h13H,2-8H2,1H3/b11-9-,12-10-.